The first-order chi connectivity index (χ1) is 8.49. The Balaban J connectivity index is 2.33. The van der Waals surface area contributed by atoms with E-state index < -0.39 is 0 Å². The molecule has 0 saturated carbocycles. The Bertz CT molecular complexity index is 409. The first-order valence-corrected chi connectivity index (χ1v) is 6.29. The Morgan fingerprint density at radius 3 is 2.89 bits per heavy atom. The quantitative estimate of drug-likeness (QED) is 0.690. The van der Waals surface area contributed by atoms with Gasteiger partial charge in [0.1, 0.15) is 5.15 Å². The molecule has 0 fully saturated rings. The smallest absolute Gasteiger partial charge is 0.221 e. The van der Waals surface area contributed by atoms with Crippen molar-refractivity contribution in [3.05, 3.63) is 17.3 Å². The normalized spacial score (nSPS) is 10.4. The molecule has 0 spiro atoms. The summed E-state index contributed by atoms with van der Waals surface area (Å²) in [4.78, 5) is 15.5. The molecule has 0 aliphatic rings. The minimum atomic E-state index is 0.0109. The number of halogens is 1. The molecule has 6 heteroatoms. The number of nitrogens with zero attached hydrogens (tertiary/aromatic N) is 1. The molecule has 5 nitrogen and oxygen atoms in total. The second kappa shape index (κ2) is 7.06. The molecular formula is C12H19ClN4O. The van der Waals surface area contributed by atoms with E-state index in [9.17, 15) is 4.79 Å². The van der Waals surface area contributed by atoms with Gasteiger partial charge in [0.15, 0.2) is 5.82 Å². The van der Waals surface area contributed by atoms with E-state index >= 15 is 0 Å². The molecule has 1 amide bonds. The van der Waals surface area contributed by atoms with E-state index in [2.05, 4.69) is 29.5 Å². The standard InChI is InChI=1S/C12H19ClN4O/c1-8(2)7-16-11(18)5-6-15-12-9(14)3-4-10(13)17-12/h3-4,8H,5-7,14H2,1-2H3,(H,15,17)(H,16,18). The monoisotopic (exact) mass is 270 g/mol. The lowest BCUT2D eigenvalue weighted by molar-refractivity contribution is -0.120. The van der Waals surface area contributed by atoms with Crippen LogP contribution in [0.25, 0.3) is 0 Å². The summed E-state index contributed by atoms with van der Waals surface area (Å²) in [6, 6.07) is 3.30. The lowest BCUT2D eigenvalue weighted by Gasteiger charge is -2.10. The molecule has 0 aliphatic heterocycles. The summed E-state index contributed by atoms with van der Waals surface area (Å²) in [6.07, 6.45) is 0.375. The van der Waals surface area contributed by atoms with Crippen LogP contribution in [0.5, 0.6) is 0 Å². The highest BCUT2D eigenvalue weighted by Crippen LogP contribution is 2.17. The molecule has 18 heavy (non-hydrogen) atoms. The van der Waals surface area contributed by atoms with E-state index in [0.29, 0.717) is 42.1 Å². The summed E-state index contributed by atoms with van der Waals surface area (Å²) in [6.45, 7) is 5.27. The summed E-state index contributed by atoms with van der Waals surface area (Å²) < 4.78 is 0. The Morgan fingerprint density at radius 1 is 1.50 bits per heavy atom. The minimum absolute atomic E-state index is 0.0109. The fourth-order valence-corrected chi connectivity index (χ4v) is 1.44. The van der Waals surface area contributed by atoms with E-state index in [1.807, 2.05) is 0 Å². The van der Waals surface area contributed by atoms with Crippen LogP contribution in [0.3, 0.4) is 0 Å². The van der Waals surface area contributed by atoms with Gasteiger partial charge >= 0.3 is 0 Å². The van der Waals surface area contributed by atoms with Gasteiger partial charge in [0.25, 0.3) is 0 Å². The molecule has 4 N–H and O–H groups in total. The summed E-state index contributed by atoms with van der Waals surface area (Å²) in [5.41, 5.74) is 6.24. The zero-order chi connectivity index (χ0) is 13.5. The fourth-order valence-electron chi connectivity index (χ4n) is 1.29. The number of carbonyl (C=O) groups is 1. The maximum atomic E-state index is 11.5. The molecule has 1 heterocycles. The molecule has 1 rings (SSSR count). The van der Waals surface area contributed by atoms with Crippen LogP contribution in [0.15, 0.2) is 12.1 Å². The molecule has 0 atom stereocenters. The van der Waals surface area contributed by atoms with Crippen molar-refractivity contribution >= 4 is 29.0 Å². The van der Waals surface area contributed by atoms with E-state index in [4.69, 9.17) is 17.3 Å². The van der Waals surface area contributed by atoms with Crippen LogP contribution in [0.1, 0.15) is 20.3 Å². The van der Waals surface area contributed by atoms with Crippen molar-refractivity contribution in [3.8, 4) is 0 Å². The number of nitrogens with two attached hydrogens (primary N) is 1. The number of pyridine rings is 1. The van der Waals surface area contributed by atoms with E-state index in [1.54, 1.807) is 12.1 Å². The van der Waals surface area contributed by atoms with Crippen molar-refractivity contribution in [3.63, 3.8) is 0 Å². The van der Waals surface area contributed by atoms with E-state index in [1.165, 1.54) is 0 Å². The van der Waals surface area contributed by atoms with Crippen molar-refractivity contribution < 1.29 is 4.79 Å². The van der Waals surface area contributed by atoms with Gasteiger partial charge in [0, 0.05) is 19.5 Å². The van der Waals surface area contributed by atoms with Gasteiger partial charge in [-0.1, -0.05) is 25.4 Å². The second-order valence-corrected chi connectivity index (χ2v) is 4.83. The molecule has 0 aromatic carbocycles. The number of amides is 1. The number of aromatic nitrogens is 1. The molecular weight excluding hydrogens is 252 g/mol. The predicted molar refractivity (Wildman–Crippen MR) is 74.6 cm³/mol. The average Bonchev–Trinajstić information content (AvgIpc) is 2.31. The Kier molecular flexibility index (Phi) is 5.71. The summed E-state index contributed by atoms with van der Waals surface area (Å²) in [5, 5.41) is 6.20. The largest absolute Gasteiger partial charge is 0.396 e. The number of nitrogens with one attached hydrogen (secondary N) is 2. The molecule has 1 aromatic heterocycles. The predicted octanol–water partition coefficient (Wildman–Crippen LogP) is 1.89. The van der Waals surface area contributed by atoms with Crippen LogP contribution in [0, 0.1) is 5.92 Å². The van der Waals surface area contributed by atoms with Crippen LogP contribution >= 0.6 is 11.6 Å². The van der Waals surface area contributed by atoms with Gasteiger partial charge in [-0.2, -0.15) is 0 Å². The minimum Gasteiger partial charge on any atom is -0.396 e. The van der Waals surface area contributed by atoms with Crippen molar-refractivity contribution in [2.75, 3.05) is 24.1 Å². The van der Waals surface area contributed by atoms with E-state index in [0.717, 1.165) is 0 Å². The van der Waals surface area contributed by atoms with E-state index in [-0.39, 0.29) is 5.91 Å². The first-order valence-electron chi connectivity index (χ1n) is 5.91. The zero-order valence-corrected chi connectivity index (χ0v) is 11.4. The van der Waals surface area contributed by atoms with Crippen LogP contribution < -0.4 is 16.4 Å². The van der Waals surface area contributed by atoms with Crippen molar-refractivity contribution in [2.24, 2.45) is 5.92 Å². The maximum Gasteiger partial charge on any atom is 0.221 e. The van der Waals surface area contributed by atoms with Crippen LogP contribution in [-0.4, -0.2) is 24.0 Å². The molecule has 0 aliphatic carbocycles. The highest BCUT2D eigenvalue weighted by molar-refractivity contribution is 6.29. The summed E-state index contributed by atoms with van der Waals surface area (Å²) in [7, 11) is 0. The Labute approximate surface area is 112 Å². The number of hydrogen-bond acceptors (Lipinski definition) is 4. The Hall–Kier alpha value is -1.49. The molecule has 0 bridgehead atoms. The average molecular weight is 271 g/mol. The zero-order valence-electron chi connectivity index (χ0n) is 10.7. The molecule has 0 unspecified atom stereocenters. The van der Waals surface area contributed by atoms with Crippen molar-refractivity contribution in [1.82, 2.24) is 10.3 Å². The van der Waals surface area contributed by atoms with Gasteiger partial charge in [-0.3, -0.25) is 4.79 Å². The number of nitrogen functional groups attached to an aromatic ring is 1. The van der Waals surface area contributed by atoms with Gasteiger partial charge in [-0.05, 0) is 18.1 Å². The number of carbonyl (C=O) groups excluding carboxylic acids is 1. The summed E-state index contributed by atoms with van der Waals surface area (Å²) >= 11 is 5.76. The number of anilines is 2. The summed E-state index contributed by atoms with van der Waals surface area (Å²) in [5.74, 6) is 0.975. The van der Waals surface area contributed by atoms with Crippen LogP contribution in [0.4, 0.5) is 11.5 Å². The highest BCUT2D eigenvalue weighted by atomic mass is 35.5. The van der Waals surface area contributed by atoms with Gasteiger partial charge in [-0.15, -0.1) is 0 Å². The lowest BCUT2D eigenvalue weighted by atomic mass is 10.2. The molecule has 0 saturated heterocycles. The maximum absolute atomic E-state index is 11.5. The van der Waals surface area contributed by atoms with Gasteiger partial charge in [0.2, 0.25) is 5.91 Å². The van der Waals surface area contributed by atoms with Gasteiger partial charge in [0.05, 0.1) is 5.69 Å². The fraction of sp³-hybridized carbons (Fsp3) is 0.500. The first kappa shape index (κ1) is 14.6. The second-order valence-electron chi connectivity index (χ2n) is 4.45. The van der Waals surface area contributed by atoms with Crippen molar-refractivity contribution in [1.29, 1.82) is 0 Å². The third-order valence-corrected chi connectivity index (χ3v) is 2.45. The van der Waals surface area contributed by atoms with Crippen LogP contribution in [-0.2, 0) is 4.79 Å². The van der Waals surface area contributed by atoms with Crippen molar-refractivity contribution in [2.45, 2.75) is 20.3 Å². The number of rotatable bonds is 6. The molecule has 0 radical (unpaired) electrons. The Morgan fingerprint density at radius 2 is 2.22 bits per heavy atom. The van der Waals surface area contributed by atoms with Gasteiger partial charge in [-0.25, -0.2) is 4.98 Å². The lowest BCUT2D eigenvalue weighted by Crippen LogP contribution is -2.28. The number of hydrogen-bond donors (Lipinski definition) is 3. The third kappa shape index (κ3) is 5.23. The molecule has 100 valence electrons. The van der Waals surface area contributed by atoms with Crippen LogP contribution in [0.2, 0.25) is 5.15 Å². The highest BCUT2D eigenvalue weighted by Gasteiger charge is 2.04. The molecule has 1 aromatic rings. The third-order valence-electron chi connectivity index (χ3n) is 2.24. The SMILES string of the molecule is CC(C)CNC(=O)CCNc1nc(Cl)ccc1N. The topological polar surface area (TPSA) is 80.0 Å². The van der Waals surface area contributed by atoms with Gasteiger partial charge < -0.3 is 16.4 Å².